The molecule has 0 N–H and O–H groups in total. The van der Waals surface area contributed by atoms with Crippen molar-refractivity contribution < 1.29 is 34.1 Å². The van der Waals surface area contributed by atoms with E-state index >= 15 is 0 Å². The smallest absolute Gasteiger partial charge is 0.358 e. The molecular formula is C42H74Fe2P2. The second-order valence-corrected chi connectivity index (χ2v) is 19.3. The quantitative estimate of drug-likeness (QED) is 0.157. The van der Waals surface area contributed by atoms with Crippen molar-refractivity contribution in [3.63, 3.8) is 0 Å². The first kappa shape index (κ1) is 53.1. The third kappa shape index (κ3) is 20.1. The Hall–Kier alpha value is 0.339. The van der Waals surface area contributed by atoms with E-state index in [0.29, 0.717) is 0 Å². The van der Waals surface area contributed by atoms with Crippen molar-refractivity contribution in [1.82, 2.24) is 0 Å². The first-order valence-electron chi connectivity index (χ1n) is 17.2. The van der Waals surface area contributed by atoms with E-state index in [-0.39, 0.29) is 79.7 Å². The molecule has 0 spiro atoms. The molecule has 46 heavy (non-hydrogen) atoms. The maximum Gasteiger partial charge on any atom is 2.00 e. The molecule has 2 aromatic rings. The molecule has 4 aliphatic carbocycles. The molecule has 4 saturated carbocycles. The van der Waals surface area contributed by atoms with Crippen LogP contribution in [-0.2, 0) is 34.1 Å². The summed E-state index contributed by atoms with van der Waals surface area (Å²) in [5.74, 6) is 0. The predicted octanol–water partition coefficient (Wildman–Crippen LogP) is 14.0. The zero-order valence-electron chi connectivity index (χ0n) is 31.4. The van der Waals surface area contributed by atoms with Crippen LogP contribution in [0, 0.1) is 29.7 Å². The van der Waals surface area contributed by atoms with Gasteiger partial charge in [0.25, 0.3) is 0 Å². The van der Waals surface area contributed by atoms with Gasteiger partial charge in [0.1, 0.15) is 0 Å². The third-order valence-electron chi connectivity index (χ3n) is 9.16. The monoisotopic (exact) mass is 752 g/mol. The molecule has 2 atom stereocenters. The average Bonchev–Trinajstić information content (AvgIpc) is 3.81. The Morgan fingerprint density at radius 1 is 0.391 bits per heavy atom. The Balaban J connectivity index is -0.000000268. The number of benzene rings is 2. The van der Waals surface area contributed by atoms with Crippen LogP contribution in [0.2, 0.25) is 0 Å². The average molecular weight is 753 g/mol. The summed E-state index contributed by atoms with van der Waals surface area (Å²) in [7, 11) is 0.168. The zero-order valence-corrected chi connectivity index (χ0v) is 35.4. The van der Waals surface area contributed by atoms with Crippen LogP contribution in [0.15, 0.2) is 60.7 Å². The Bertz CT molecular complexity index is 765. The van der Waals surface area contributed by atoms with E-state index in [1.807, 2.05) is 0 Å². The van der Waals surface area contributed by atoms with E-state index < -0.39 is 0 Å². The molecule has 0 radical (unpaired) electrons. The number of rotatable bonds is 6. The number of hydrogen-bond acceptors (Lipinski definition) is 0. The molecule has 4 aliphatic rings. The van der Waals surface area contributed by atoms with Crippen LogP contribution in [0.5, 0.6) is 0 Å². The first-order chi connectivity index (χ1) is 19.6. The van der Waals surface area contributed by atoms with Crippen molar-refractivity contribution in [3.8, 4) is 0 Å². The van der Waals surface area contributed by atoms with Crippen LogP contribution in [0.3, 0.4) is 0 Å². The van der Waals surface area contributed by atoms with Crippen LogP contribution in [-0.4, -0.2) is 22.6 Å². The fraction of sp³-hybridized carbons (Fsp3) is 0.619. The summed E-state index contributed by atoms with van der Waals surface area (Å²) >= 11 is 0. The third-order valence-corrected chi connectivity index (χ3v) is 15.8. The van der Waals surface area contributed by atoms with Crippen LogP contribution < -0.4 is 10.6 Å². The summed E-state index contributed by atoms with van der Waals surface area (Å²) < 4.78 is 0. The number of hydrogen-bond donors (Lipinski definition) is 0. The summed E-state index contributed by atoms with van der Waals surface area (Å²) in [6, 6.07) is 22.4. The maximum absolute atomic E-state index is 2.40. The van der Waals surface area contributed by atoms with Crippen molar-refractivity contribution in [3.05, 3.63) is 90.4 Å². The van der Waals surface area contributed by atoms with Crippen LogP contribution in [0.1, 0.15) is 143 Å². The van der Waals surface area contributed by atoms with Crippen molar-refractivity contribution in [1.29, 1.82) is 0 Å². The molecule has 0 heterocycles. The Morgan fingerprint density at radius 3 is 0.804 bits per heavy atom. The molecule has 4 fully saturated rings. The van der Waals surface area contributed by atoms with Gasteiger partial charge in [-0.05, 0) is 58.9 Å². The van der Waals surface area contributed by atoms with Crippen molar-refractivity contribution in [2.45, 2.75) is 166 Å². The standard InChI is InChI=1S/2C14H21P.2C5H10.4CH3.2Fe/c2*1-12(2)15(14-10-6-7-11-14)13-8-4-3-5-9-13;2*1-2-4-5-3-1;;;;;;/h2*3-5,8-9,12,14H,6-7,10-11H2,1-2H3;2*1-5H2;4*1H3;;/q;;;;4*-1;2*+2. The summed E-state index contributed by atoms with van der Waals surface area (Å²) in [6.07, 6.45) is 26.7. The molecule has 268 valence electrons. The van der Waals surface area contributed by atoms with E-state index in [2.05, 4.69) is 88.4 Å². The second kappa shape index (κ2) is 32.5. The zero-order chi connectivity index (χ0) is 28.4. The SMILES string of the molecule is C1CCCC1.C1CCCC1.CC(C)P(c1ccccc1)C1CCCC1.CC(C)P(c1ccccc1)C1CCCC1.[CH3-].[CH3-].[CH3-].[CH3-].[Fe+2].[Fe+2]. The minimum absolute atomic E-state index is 0. The molecule has 4 heteroatoms. The first-order valence-corrected chi connectivity index (χ1v) is 20.2. The van der Waals surface area contributed by atoms with Crippen LogP contribution in [0.25, 0.3) is 0 Å². The van der Waals surface area contributed by atoms with Crippen LogP contribution in [0.4, 0.5) is 0 Å². The van der Waals surface area contributed by atoms with E-state index in [1.54, 1.807) is 10.6 Å². The Morgan fingerprint density at radius 2 is 0.609 bits per heavy atom. The minimum atomic E-state index is 0. The Kier molecular flexibility index (Phi) is 37.6. The van der Waals surface area contributed by atoms with Gasteiger partial charge in [-0.1, -0.05) is 194 Å². The summed E-state index contributed by atoms with van der Waals surface area (Å²) in [4.78, 5) is 0. The fourth-order valence-corrected chi connectivity index (χ4v) is 13.8. The molecule has 0 saturated heterocycles. The molecule has 2 unspecified atom stereocenters. The molecule has 0 aromatic heterocycles. The topological polar surface area (TPSA) is 0 Å². The van der Waals surface area contributed by atoms with Gasteiger partial charge in [0, 0.05) is 0 Å². The molecule has 0 bridgehead atoms. The molecule has 0 aliphatic heterocycles. The summed E-state index contributed by atoms with van der Waals surface area (Å²) in [5, 5.41) is 3.24. The molecule has 0 nitrogen and oxygen atoms in total. The van der Waals surface area contributed by atoms with Gasteiger partial charge in [-0.3, -0.25) is 0 Å². The summed E-state index contributed by atoms with van der Waals surface area (Å²) in [5.41, 5.74) is 3.68. The second-order valence-electron chi connectivity index (χ2n) is 13.1. The molecule has 6 rings (SSSR count). The molecule has 2 aromatic carbocycles. The fourth-order valence-electron chi connectivity index (χ4n) is 7.19. The Labute approximate surface area is 315 Å². The van der Waals surface area contributed by atoms with E-state index in [1.165, 1.54) is 116 Å². The van der Waals surface area contributed by atoms with E-state index in [4.69, 9.17) is 0 Å². The maximum atomic E-state index is 2.40. The predicted molar refractivity (Wildman–Crippen MR) is 213 cm³/mol. The molecular weight excluding hydrogens is 678 g/mol. The largest absolute Gasteiger partial charge is 2.00 e. The van der Waals surface area contributed by atoms with E-state index in [0.717, 1.165) is 22.6 Å². The van der Waals surface area contributed by atoms with E-state index in [9.17, 15) is 0 Å². The van der Waals surface area contributed by atoms with Gasteiger partial charge in [0.2, 0.25) is 0 Å². The van der Waals surface area contributed by atoms with Gasteiger partial charge in [-0.2, -0.15) is 0 Å². The van der Waals surface area contributed by atoms with Crippen LogP contribution >= 0.6 is 15.8 Å². The summed E-state index contributed by atoms with van der Waals surface area (Å²) in [6.45, 7) is 9.60. The minimum Gasteiger partial charge on any atom is -0.358 e. The van der Waals surface area contributed by atoms with Gasteiger partial charge in [-0.15, -0.1) is 0 Å². The van der Waals surface area contributed by atoms with Crippen molar-refractivity contribution in [2.75, 3.05) is 0 Å². The van der Waals surface area contributed by atoms with Gasteiger partial charge < -0.3 is 29.7 Å². The normalized spacial score (nSPS) is 18.0. The van der Waals surface area contributed by atoms with Gasteiger partial charge >= 0.3 is 34.1 Å². The van der Waals surface area contributed by atoms with Gasteiger partial charge in [0.15, 0.2) is 0 Å². The van der Waals surface area contributed by atoms with Crippen molar-refractivity contribution in [2.24, 2.45) is 0 Å². The van der Waals surface area contributed by atoms with Gasteiger partial charge in [0.05, 0.1) is 0 Å². The van der Waals surface area contributed by atoms with Gasteiger partial charge in [-0.25, -0.2) is 0 Å². The van der Waals surface area contributed by atoms with Crippen molar-refractivity contribution >= 4 is 26.5 Å². The molecule has 0 amide bonds.